The van der Waals surface area contributed by atoms with Crippen LogP contribution in [-0.2, 0) is 14.3 Å². The monoisotopic (exact) mass is 308 g/mol. The van der Waals surface area contributed by atoms with Crippen molar-refractivity contribution in [1.82, 2.24) is 0 Å². The smallest absolute Gasteiger partial charge is 0.311 e. The van der Waals surface area contributed by atoms with E-state index in [1.807, 2.05) is 30.3 Å². The number of esters is 1. The SMILES string of the molecule is COC(=O)CC1(CSCC(C(=O)O)c2ccccc2)CC1. The molecule has 1 atom stereocenters. The number of aliphatic carboxylic acids is 1. The Hall–Kier alpha value is -1.49. The molecule has 0 spiro atoms. The van der Waals surface area contributed by atoms with E-state index in [9.17, 15) is 14.7 Å². The molecule has 1 aliphatic rings. The number of carbonyl (C=O) groups excluding carboxylic acids is 1. The van der Waals surface area contributed by atoms with Crippen LogP contribution >= 0.6 is 11.8 Å². The lowest BCUT2D eigenvalue weighted by Crippen LogP contribution is -2.17. The lowest BCUT2D eigenvalue weighted by atomic mass is 10.0. The summed E-state index contributed by atoms with van der Waals surface area (Å²) < 4.78 is 4.72. The van der Waals surface area contributed by atoms with Gasteiger partial charge >= 0.3 is 11.9 Å². The van der Waals surface area contributed by atoms with Gasteiger partial charge in [0.2, 0.25) is 0 Å². The predicted octanol–water partition coefficient (Wildman–Crippen LogP) is 2.93. The molecule has 21 heavy (non-hydrogen) atoms. The zero-order chi connectivity index (χ0) is 15.3. The van der Waals surface area contributed by atoms with Crippen molar-refractivity contribution in [2.24, 2.45) is 5.41 Å². The van der Waals surface area contributed by atoms with Crippen LogP contribution in [0.2, 0.25) is 0 Å². The Labute approximate surface area is 128 Å². The molecule has 114 valence electrons. The normalized spacial score (nSPS) is 17.0. The second-order valence-electron chi connectivity index (χ2n) is 5.57. The van der Waals surface area contributed by atoms with Crippen LogP contribution < -0.4 is 0 Å². The first kappa shape index (κ1) is 15.9. The minimum Gasteiger partial charge on any atom is -0.481 e. The predicted molar refractivity (Wildman–Crippen MR) is 82.4 cm³/mol. The summed E-state index contributed by atoms with van der Waals surface area (Å²) in [5.74, 6) is -0.122. The van der Waals surface area contributed by atoms with Gasteiger partial charge in [-0.05, 0) is 29.6 Å². The van der Waals surface area contributed by atoms with E-state index in [1.165, 1.54) is 7.11 Å². The quantitative estimate of drug-likeness (QED) is 0.748. The van der Waals surface area contributed by atoms with Crippen molar-refractivity contribution in [1.29, 1.82) is 0 Å². The number of carbonyl (C=O) groups is 2. The molecule has 1 saturated carbocycles. The molecule has 0 amide bonds. The van der Waals surface area contributed by atoms with Gasteiger partial charge in [-0.15, -0.1) is 0 Å². The molecule has 1 N–H and O–H groups in total. The Balaban J connectivity index is 1.86. The highest BCUT2D eigenvalue weighted by Crippen LogP contribution is 2.51. The van der Waals surface area contributed by atoms with Gasteiger partial charge in [0.05, 0.1) is 19.4 Å². The number of hydrogen-bond acceptors (Lipinski definition) is 4. The molecule has 0 bridgehead atoms. The van der Waals surface area contributed by atoms with Gasteiger partial charge in [0, 0.05) is 5.75 Å². The van der Waals surface area contributed by atoms with Crippen LogP contribution in [0.1, 0.15) is 30.7 Å². The molecule has 0 saturated heterocycles. The second kappa shape index (κ2) is 6.98. The summed E-state index contributed by atoms with van der Waals surface area (Å²) in [6.07, 6.45) is 2.50. The minimum atomic E-state index is -0.800. The van der Waals surface area contributed by atoms with Crippen molar-refractivity contribution < 1.29 is 19.4 Å². The zero-order valence-electron chi connectivity index (χ0n) is 12.1. The summed E-state index contributed by atoms with van der Waals surface area (Å²) in [6, 6.07) is 9.29. The second-order valence-corrected chi connectivity index (χ2v) is 6.60. The molecule has 0 aliphatic heterocycles. The van der Waals surface area contributed by atoms with Crippen LogP contribution in [0.15, 0.2) is 30.3 Å². The molecule has 1 fully saturated rings. The fourth-order valence-electron chi connectivity index (χ4n) is 2.32. The topological polar surface area (TPSA) is 63.6 Å². The van der Waals surface area contributed by atoms with Crippen molar-refractivity contribution in [2.75, 3.05) is 18.6 Å². The van der Waals surface area contributed by atoms with Gasteiger partial charge < -0.3 is 9.84 Å². The third kappa shape index (κ3) is 4.49. The van der Waals surface area contributed by atoms with Gasteiger partial charge in [-0.2, -0.15) is 11.8 Å². The van der Waals surface area contributed by atoms with E-state index in [1.54, 1.807) is 11.8 Å². The van der Waals surface area contributed by atoms with Crippen LogP contribution in [-0.4, -0.2) is 35.7 Å². The fourth-order valence-corrected chi connectivity index (χ4v) is 3.83. The summed E-state index contributed by atoms with van der Waals surface area (Å²) in [5, 5.41) is 9.37. The first-order valence-corrected chi connectivity index (χ1v) is 8.14. The zero-order valence-corrected chi connectivity index (χ0v) is 12.9. The average molecular weight is 308 g/mol. The summed E-state index contributed by atoms with van der Waals surface area (Å²) in [6.45, 7) is 0. The van der Waals surface area contributed by atoms with E-state index in [-0.39, 0.29) is 11.4 Å². The first-order valence-electron chi connectivity index (χ1n) is 6.99. The van der Waals surface area contributed by atoms with Crippen LogP contribution in [0.25, 0.3) is 0 Å². The molecular formula is C16H20O4S. The number of hydrogen-bond donors (Lipinski definition) is 1. The van der Waals surface area contributed by atoms with Crippen molar-refractivity contribution in [3.05, 3.63) is 35.9 Å². The maximum atomic E-state index is 11.4. The fraction of sp³-hybridized carbons (Fsp3) is 0.500. The number of carboxylic acid groups (broad SMARTS) is 1. The average Bonchev–Trinajstić information content (AvgIpc) is 3.24. The standard InChI is InChI=1S/C16H20O4S/c1-20-14(17)9-16(7-8-16)11-21-10-13(15(18)19)12-5-3-2-4-6-12/h2-6,13H,7-11H2,1H3,(H,18,19). The van der Waals surface area contributed by atoms with Crippen LogP contribution in [0.4, 0.5) is 0 Å². The highest BCUT2D eigenvalue weighted by molar-refractivity contribution is 7.99. The van der Waals surface area contributed by atoms with E-state index in [0.29, 0.717) is 12.2 Å². The van der Waals surface area contributed by atoms with E-state index in [0.717, 1.165) is 24.2 Å². The van der Waals surface area contributed by atoms with E-state index in [2.05, 4.69) is 0 Å². The van der Waals surface area contributed by atoms with Crippen LogP contribution in [0.5, 0.6) is 0 Å². The number of benzene rings is 1. The number of methoxy groups -OCH3 is 1. The van der Waals surface area contributed by atoms with E-state index < -0.39 is 11.9 Å². The van der Waals surface area contributed by atoms with Gasteiger partial charge in [0.1, 0.15) is 0 Å². The third-order valence-corrected chi connectivity index (χ3v) is 5.28. The van der Waals surface area contributed by atoms with Gasteiger partial charge in [-0.25, -0.2) is 0 Å². The maximum absolute atomic E-state index is 11.4. The molecule has 1 aliphatic carbocycles. The van der Waals surface area contributed by atoms with Gasteiger partial charge in [0.25, 0.3) is 0 Å². The molecule has 2 rings (SSSR count). The van der Waals surface area contributed by atoms with E-state index in [4.69, 9.17) is 4.74 Å². The highest BCUT2D eigenvalue weighted by atomic mass is 32.2. The largest absolute Gasteiger partial charge is 0.481 e. The molecular weight excluding hydrogens is 288 g/mol. The van der Waals surface area contributed by atoms with Crippen molar-refractivity contribution in [3.63, 3.8) is 0 Å². The molecule has 0 aromatic heterocycles. The van der Waals surface area contributed by atoms with Gasteiger partial charge in [0.15, 0.2) is 0 Å². The highest BCUT2D eigenvalue weighted by Gasteiger charge is 2.44. The van der Waals surface area contributed by atoms with Crippen molar-refractivity contribution >= 4 is 23.7 Å². The molecule has 5 heteroatoms. The summed E-state index contributed by atoms with van der Waals surface area (Å²) >= 11 is 1.62. The summed E-state index contributed by atoms with van der Waals surface area (Å²) in [4.78, 5) is 22.8. The van der Waals surface area contributed by atoms with Crippen molar-refractivity contribution in [2.45, 2.75) is 25.2 Å². The van der Waals surface area contributed by atoms with Crippen LogP contribution in [0, 0.1) is 5.41 Å². The Bertz CT molecular complexity index is 496. The number of thioether (sulfide) groups is 1. The van der Waals surface area contributed by atoms with Crippen molar-refractivity contribution in [3.8, 4) is 0 Å². The van der Waals surface area contributed by atoms with Gasteiger partial charge in [-0.1, -0.05) is 30.3 Å². The first-order chi connectivity index (χ1) is 10.1. The Morgan fingerprint density at radius 2 is 2.00 bits per heavy atom. The molecule has 1 unspecified atom stereocenters. The summed E-state index contributed by atoms with van der Waals surface area (Å²) in [7, 11) is 1.40. The Kier molecular flexibility index (Phi) is 5.28. The molecule has 1 aromatic rings. The molecule has 0 heterocycles. The van der Waals surface area contributed by atoms with Crippen LogP contribution in [0.3, 0.4) is 0 Å². The van der Waals surface area contributed by atoms with Gasteiger partial charge in [-0.3, -0.25) is 9.59 Å². The summed E-state index contributed by atoms with van der Waals surface area (Å²) in [5.41, 5.74) is 0.868. The lowest BCUT2D eigenvalue weighted by Gasteiger charge is -2.16. The number of carboxylic acids is 1. The third-order valence-electron chi connectivity index (χ3n) is 3.90. The lowest BCUT2D eigenvalue weighted by molar-refractivity contribution is -0.142. The molecule has 1 aromatic carbocycles. The number of rotatable bonds is 8. The van der Waals surface area contributed by atoms with E-state index >= 15 is 0 Å². The Morgan fingerprint density at radius 1 is 1.33 bits per heavy atom. The maximum Gasteiger partial charge on any atom is 0.311 e. The molecule has 0 radical (unpaired) electrons. The Morgan fingerprint density at radius 3 is 2.52 bits per heavy atom. The number of ether oxygens (including phenoxy) is 1. The molecule has 4 nitrogen and oxygen atoms in total. The minimum absolute atomic E-state index is 0.0392.